The second-order valence-corrected chi connectivity index (χ2v) is 12.4. The fraction of sp³-hybridized carbons (Fsp3) is 0.500. The molecule has 3 rings (SSSR count). The first-order valence-electron chi connectivity index (χ1n) is 12.5. The average Bonchev–Trinajstić information content (AvgIpc) is 2.78. The maximum Gasteiger partial charge on any atom is 0.573 e. The number of nitrogens with zero attached hydrogens (tertiary/aromatic N) is 1. The van der Waals surface area contributed by atoms with E-state index >= 15 is 0 Å². The Hall–Kier alpha value is -2.88. The van der Waals surface area contributed by atoms with Gasteiger partial charge < -0.3 is 19.7 Å². The number of ether oxygens (including phenoxy) is 2. The van der Waals surface area contributed by atoms with Crippen molar-refractivity contribution in [1.82, 2.24) is 4.90 Å². The first-order chi connectivity index (χ1) is 17.6. The van der Waals surface area contributed by atoms with Gasteiger partial charge in [-0.05, 0) is 108 Å². The number of urea groups is 1. The zero-order chi connectivity index (χ0) is 28.3. The van der Waals surface area contributed by atoms with E-state index in [0.29, 0.717) is 18.7 Å². The Morgan fingerprint density at radius 3 is 2.26 bits per heavy atom. The number of alkyl halides is 3. The molecule has 2 amide bonds. The molecule has 0 aliphatic heterocycles. The van der Waals surface area contributed by atoms with Gasteiger partial charge >= 0.3 is 18.4 Å². The Bertz CT molecular complexity index is 1140. The Morgan fingerprint density at radius 2 is 1.68 bits per heavy atom. The molecule has 0 saturated heterocycles. The monoisotopic (exact) mass is 552 g/mol. The number of rotatable bonds is 7. The van der Waals surface area contributed by atoms with Crippen LogP contribution in [0.2, 0.25) is 0 Å². The number of nitrogens with one attached hydrogen (secondary N) is 1. The molecular formula is C28H35F3N2O4S. The Labute approximate surface area is 226 Å². The highest BCUT2D eigenvalue weighted by molar-refractivity contribution is 8.01. The molecule has 10 heteroatoms. The van der Waals surface area contributed by atoms with Crippen molar-refractivity contribution >= 4 is 29.4 Å². The number of carbonyl (C=O) groups is 2. The fourth-order valence-corrected chi connectivity index (χ4v) is 5.33. The van der Waals surface area contributed by atoms with Gasteiger partial charge in [-0.3, -0.25) is 4.79 Å². The van der Waals surface area contributed by atoms with Crippen molar-refractivity contribution in [3.8, 4) is 5.75 Å². The Morgan fingerprint density at radius 1 is 1.03 bits per heavy atom. The van der Waals surface area contributed by atoms with Crippen LogP contribution in [0.3, 0.4) is 0 Å². The molecule has 38 heavy (non-hydrogen) atoms. The number of likely N-dealkylation sites (N-methyl/N-ethyl adjacent to an activating group) is 1. The van der Waals surface area contributed by atoms with Gasteiger partial charge in [0.1, 0.15) is 16.1 Å². The van der Waals surface area contributed by atoms with Crippen LogP contribution >= 0.6 is 11.8 Å². The van der Waals surface area contributed by atoms with Gasteiger partial charge in [0.05, 0.1) is 0 Å². The van der Waals surface area contributed by atoms with Crippen molar-refractivity contribution in [3.05, 3.63) is 53.6 Å². The molecule has 1 aliphatic carbocycles. The van der Waals surface area contributed by atoms with Crippen molar-refractivity contribution < 1.29 is 32.2 Å². The Balaban J connectivity index is 1.63. The number of amides is 2. The number of esters is 1. The maximum absolute atomic E-state index is 13.0. The van der Waals surface area contributed by atoms with Gasteiger partial charge in [0.2, 0.25) is 0 Å². The van der Waals surface area contributed by atoms with E-state index in [9.17, 15) is 22.8 Å². The van der Waals surface area contributed by atoms with Crippen molar-refractivity contribution in [2.75, 3.05) is 11.9 Å². The number of thioether (sulfide) groups is 1. The summed E-state index contributed by atoms with van der Waals surface area (Å²) in [6, 6.07) is 10.9. The van der Waals surface area contributed by atoms with E-state index in [4.69, 9.17) is 4.74 Å². The lowest BCUT2D eigenvalue weighted by molar-refractivity contribution is -0.274. The van der Waals surface area contributed by atoms with Crippen LogP contribution < -0.4 is 10.1 Å². The summed E-state index contributed by atoms with van der Waals surface area (Å²) in [5, 5.41) is 2.77. The minimum Gasteiger partial charge on any atom is -0.459 e. The molecule has 0 bridgehead atoms. The van der Waals surface area contributed by atoms with Crippen LogP contribution in [0.1, 0.15) is 59.1 Å². The quantitative estimate of drug-likeness (QED) is 0.290. The van der Waals surface area contributed by atoms with Crippen molar-refractivity contribution in [2.24, 2.45) is 0 Å². The number of carbonyl (C=O) groups excluding carboxylic acids is 2. The van der Waals surface area contributed by atoms with Crippen LogP contribution in [0, 0.1) is 0 Å². The predicted molar refractivity (Wildman–Crippen MR) is 143 cm³/mol. The molecule has 2 aromatic carbocycles. The number of fused-ring (bicyclic) bond motifs is 1. The topological polar surface area (TPSA) is 67.9 Å². The smallest absolute Gasteiger partial charge is 0.459 e. The van der Waals surface area contributed by atoms with E-state index in [1.807, 2.05) is 47.6 Å². The zero-order valence-corrected chi connectivity index (χ0v) is 23.4. The first kappa shape index (κ1) is 29.7. The molecule has 1 aliphatic rings. The summed E-state index contributed by atoms with van der Waals surface area (Å²) >= 11 is 1.47. The van der Waals surface area contributed by atoms with Crippen molar-refractivity contribution in [1.29, 1.82) is 0 Å². The van der Waals surface area contributed by atoms with E-state index in [1.54, 1.807) is 4.90 Å². The van der Waals surface area contributed by atoms with Gasteiger partial charge in [0, 0.05) is 23.2 Å². The summed E-state index contributed by atoms with van der Waals surface area (Å²) in [7, 11) is 0. The predicted octanol–water partition coefficient (Wildman–Crippen LogP) is 7.21. The molecule has 0 radical (unpaired) electrons. The van der Waals surface area contributed by atoms with Crippen LogP contribution in [0.5, 0.6) is 5.75 Å². The van der Waals surface area contributed by atoms with E-state index in [2.05, 4.69) is 22.2 Å². The van der Waals surface area contributed by atoms with Gasteiger partial charge in [0.15, 0.2) is 0 Å². The van der Waals surface area contributed by atoms with Crippen LogP contribution in [0.15, 0.2) is 47.4 Å². The largest absolute Gasteiger partial charge is 0.573 e. The third kappa shape index (κ3) is 8.31. The van der Waals surface area contributed by atoms with E-state index in [-0.39, 0.29) is 23.8 Å². The third-order valence-electron chi connectivity index (χ3n) is 6.03. The molecular weight excluding hydrogens is 517 g/mol. The summed E-state index contributed by atoms with van der Waals surface area (Å²) in [6.45, 7) is 11.6. The Kier molecular flexibility index (Phi) is 8.96. The first-order valence-corrected chi connectivity index (χ1v) is 13.4. The summed E-state index contributed by atoms with van der Waals surface area (Å²) in [4.78, 5) is 28.4. The van der Waals surface area contributed by atoms with Gasteiger partial charge in [0.25, 0.3) is 0 Å². The van der Waals surface area contributed by atoms with Gasteiger partial charge in [-0.15, -0.1) is 24.9 Å². The number of anilines is 1. The zero-order valence-electron chi connectivity index (χ0n) is 22.6. The summed E-state index contributed by atoms with van der Waals surface area (Å²) in [5.41, 5.74) is 2.18. The second kappa shape index (κ2) is 11.5. The van der Waals surface area contributed by atoms with Crippen LogP contribution in [0.25, 0.3) is 0 Å². The molecule has 1 atom stereocenters. The minimum absolute atomic E-state index is 0.0166. The summed E-state index contributed by atoms with van der Waals surface area (Å²) in [5.74, 6) is -0.612. The van der Waals surface area contributed by atoms with E-state index in [0.717, 1.165) is 35.4 Å². The number of hydrogen-bond acceptors (Lipinski definition) is 5. The molecule has 0 spiro atoms. The standard InChI is InChI=1S/C28H35F3N2O4S/c1-7-33(25(35)32-20-10-13-22(14-11-20)36-28(29,30)31)21-12-8-19-17-23(15-9-18(19)16-21)38-27(5,6)24(34)37-26(2,3)4/h9-11,13-15,17,21H,7-8,12,16H2,1-6H3,(H,32,35). The average molecular weight is 553 g/mol. The highest BCUT2D eigenvalue weighted by Crippen LogP contribution is 2.37. The summed E-state index contributed by atoms with van der Waals surface area (Å²) in [6.07, 6.45) is -2.52. The molecule has 2 aromatic rings. The van der Waals surface area contributed by atoms with Crippen LogP contribution in [0.4, 0.5) is 23.7 Å². The lowest BCUT2D eigenvalue weighted by Crippen LogP contribution is -2.45. The number of aryl methyl sites for hydroxylation is 1. The molecule has 0 heterocycles. The highest BCUT2D eigenvalue weighted by Gasteiger charge is 2.34. The van der Waals surface area contributed by atoms with Crippen molar-refractivity contribution in [2.45, 2.75) is 88.5 Å². The van der Waals surface area contributed by atoms with E-state index < -0.39 is 16.7 Å². The lowest BCUT2D eigenvalue weighted by Gasteiger charge is -2.35. The molecule has 208 valence electrons. The molecule has 0 fully saturated rings. The van der Waals surface area contributed by atoms with Gasteiger partial charge in [-0.2, -0.15) is 0 Å². The van der Waals surface area contributed by atoms with Crippen molar-refractivity contribution in [3.63, 3.8) is 0 Å². The van der Waals surface area contributed by atoms with Crippen LogP contribution in [-0.4, -0.2) is 46.2 Å². The van der Waals surface area contributed by atoms with E-state index in [1.165, 1.54) is 29.5 Å². The van der Waals surface area contributed by atoms with Gasteiger partial charge in [-0.25, -0.2) is 4.79 Å². The van der Waals surface area contributed by atoms with Gasteiger partial charge in [-0.1, -0.05) is 6.07 Å². The second-order valence-electron chi connectivity index (χ2n) is 10.7. The molecule has 6 nitrogen and oxygen atoms in total. The normalized spacial score (nSPS) is 15.9. The fourth-order valence-electron chi connectivity index (χ4n) is 4.28. The molecule has 0 saturated carbocycles. The number of halogens is 3. The molecule has 1 unspecified atom stereocenters. The lowest BCUT2D eigenvalue weighted by atomic mass is 9.87. The van der Waals surface area contributed by atoms with Crippen LogP contribution in [-0.2, 0) is 22.4 Å². The molecule has 1 N–H and O–H groups in total. The number of benzene rings is 2. The SMILES string of the molecule is CCN(C(=O)Nc1ccc(OC(F)(F)F)cc1)C1CCc2cc(SC(C)(C)C(=O)OC(C)(C)C)ccc2C1. The third-order valence-corrected chi connectivity index (χ3v) is 7.19. The minimum atomic E-state index is -4.77. The maximum atomic E-state index is 13.0. The summed E-state index contributed by atoms with van der Waals surface area (Å²) < 4.78 is 45.8. The molecule has 0 aromatic heterocycles. The number of hydrogen-bond donors (Lipinski definition) is 1. The highest BCUT2D eigenvalue weighted by atomic mass is 32.2.